The van der Waals surface area contributed by atoms with E-state index in [4.69, 9.17) is 4.74 Å². The molecule has 0 radical (unpaired) electrons. The number of amides is 1. The molecule has 7 nitrogen and oxygen atoms in total. The van der Waals surface area contributed by atoms with Gasteiger partial charge in [-0.2, -0.15) is 0 Å². The Morgan fingerprint density at radius 3 is 2.55 bits per heavy atom. The van der Waals surface area contributed by atoms with Crippen molar-refractivity contribution in [1.82, 2.24) is 16.0 Å². The number of carbonyl (C=O) groups is 1. The zero-order valence-electron chi connectivity index (χ0n) is 18.1. The van der Waals surface area contributed by atoms with Crippen LogP contribution in [0.5, 0.6) is 0 Å². The number of aliphatic hydroxyl groups excluding tert-OH is 1. The molecule has 0 saturated carbocycles. The highest BCUT2D eigenvalue weighted by molar-refractivity contribution is 14.0. The molecule has 0 aromatic heterocycles. The number of aliphatic imine (C=N–C) groups is 1. The molecule has 170 valence electrons. The van der Waals surface area contributed by atoms with Crippen molar-refractivity contribution in [3.05, 3.63) is 71.3 Å². The zero-order valence-corrected chi connectivity index (χ0v) is 20.5. The van der Waals surface area contributed by atoms with Crippen LogP contribution in [0.3, 0.4) is 0 Å². The van der Waals surface area contributed by atoms with Crippen LogP contribution in [0.25, 0.3) is 0 Å². The summed E-state index contributed by atoms with van der Waals surface area (Å²) >= 11 is 0. The van der Waals surface area contributed by atoms with Crippen LogP contribution in [0, 0.1) is 0 Å². The van der Waals surface area contributed by atoms with E-state index in [0.29, 0.717) is 24.7 Å². The SMILES string of the molecule is CCNC(=NCC(O)COCc1ccccc1)NCCc1cccc(C(=O)NC)c1.I. The number of aliphatic hydroxyl groups is 1. The molecule has 2 rings (SSSR count). The third-order valence-corrected chi connectivity index (χ3v) is 4.35. The van der Waals surface area contributed by atoms with Crippen molar-refractivity contribution in [2.75, 3.05) is 33.3 Å². The van der Waals surface area contributed by atoms with E-state index in [2.05, 4.69) is 20.9 Å². The molecule has 31 heavy (non-hydrogen) atoms. The summed E-state index contributed by atoms with van der Waals surface area (Å²) in [4.78, 5) is 16.2. The number of ether oxygens (including phenoxy) is 1. The zero-order chi connectivity index (χ0) is 21.6. The lowest BCUT2D eigenvalue weighted by Crippen LogP contribution is -2.39. The van der Waals surface area contributed by atoms with E-state index in [-0.39, 0.29) is 43.0 Å². The number of hydrogen-bond acceptors (Lipinski definition) is 4. The summed E-state index contributed by atoms with van der Waals surface area (Å²) < 4.78 is 5.56. The van der Waals surface area contributed by atoms with Crippen molar-refractivity contribution in [3.8, 4) is 0 Å². The second-order valence-electron chi connectivity index (χ2n) is 6.83. The lowest BCUT2D eigenvalue weighted by molar-refractivity contribution is 0.0331. The maximum atomic E-state index is 11.7. The molecule has 1 amide bonds. The van der Waals surface area contributed by atoms with E-state index in [1.807, 2.05) is 55.5 Å². The highest BCUT2D eigenvalue weighted by Gasteiger charge is 2.06. The minimum atomic E-state index is -0.673. The third kappa shape index (κ3) is 10.6. The Hall–Kier alpha value is -2.17. The molecule has 4 N–H and O–H groups in total. The van der Waals surface area contributed by atoms with Crippen LogP contribution in [0.4, 0.5) is 0 Å². The summed E-state index contributed by atoms with van der Waals surface area (Å²) in [5, 5.41) is 19.2. The smallest absolute Gasteiger partial charge is 0.251 e. The molecule has 1 unspecified atom stereocenters. The van der Waals surface area contributed by atoms with Gasteiger partial charge in [-0.15, -0.1) is 24.0 Å². The topological polar surface area (TPSA) is 95.0 Å². The Morgan fingerprint density at radius 2 is 1.84 bits per heavy atom. The number of rotatable bonds is 11. The summed E-state index contributed by atoms with van der Waals surface area (Å²) in [6.45, 7) is 4.31. The average molecular weight is 540 g/mol. The molecular weight excluding hydrogens is 507 g/mol. The van der Waals surface area contributed by atoms with Gasteiger partial charge in [0.1, 0.15) is 0 Å². The first kappa shape index (κ1) is 26.9. The number of halogens is 1. The van der Waals surface area contributed by atoms with Gasteiger partial charge in [0.15, 0.2) is 5.96 Å². The second-order valence-corrected chi connectivity index (χ2v) is 6.83. The van der Waals surface area contributed by atoms with Gasteiger partial charge in [0.2, 0.25) is 0 Å². The van der Waals surface area contributed by atoms with Crippen LogP contribution in [-0.2, 0) is 17.8 Å². The molecular formula is C23H33IN4O3. The van der Waals surface area contributed by atoms with E-state index < -0.39 is 6.10 Å². The fraction of sp³-hybridized carbons (Fsp3) is 0.391. The van der Waals surface area contributed by atoms with Gasteiger partial charge in [-0.25, -0.2) is 0 Å². The van der Waals surface area contributed by atoms with Crippen LogP contribution in [0.1, 0.15) is 28.4 Å². The predicted octanol–water partition coefficient (Wildman–Crippen LogP) is 2.34. The fourth-order valence-corrected chi connectivity index (χ4v) is 2.82. The van der Waals surface area contributed by atoms with Gasteiger partial charge in [0.05, 0.1) is 25.9 Å². The van der Waals surface area contributed by atoms with Crippen molar-refractivity contribution < 1.29 is 14.6 Å². The summed E-state index contributed by atoms with van der Waals surface area (Å²) in [5.74, 6) is 0.547. The third-order valence-electron chi connectivity index (χ3n) is 4.35. The second kappa shape index (κ2) is 15.6. The van der Waals surface area contributed by atoms with Crippen molar-refractivity contribution in [2.45, 2.75) is 26.1 Å². The monoisotopic (exact) mass is 540 g/mol. The molecule has 8 heteroatoms. The maximum Gasteiger partial charge on any atom is 0.251 e. The minimum Gasteiger partial charge on any atom is -0.389 e. The molecule has 0 aliphatic heterocycles. The molecule has 0 fully saturated rings. The van der Waals surface area contributed by atoms with Gasteiger partial charge in [0, 0.05) is 25.7 Å². The van der Waals surface area contributed by atoms with Crippen LogP contribution < -0.4 is 16.0 Å². The molecule has 0 heterocycles. The first-order valence-corrected chi connectivity index (χ1v) is 10.2. The normalized spacial score (nSPS) is 11.9. The maximum absolute atomic E-state index is 11.7. The molecule has 1 atom stereocenters. The van der Waals surface area contributed by atoms with E-state index in [9.17, 15) is 9.90 Å². The standard InChI is InChI=1S/C23H32N4O3.HI/c1-3-25-23(26-13-12-18-10-7-11-20(14-18)22(29)24-2)27-15-21(28)17-30-16-19-8-5-4-6-9-19;/h4-11,14,21,28H,3,12-13,15-17H2,1-2H3,(H,24,29)(H2,25,26,27);1H. The molecule has 0 spiro atoms. The van der Waals surface area contributed by atoms with Gasteiger partial charge in [-0.05, 0) is 36.6 Å². The predicted molar refractivity (Wildman–Crippen MR) is 135 cm³/mol. The number of carbonyl (C=O) groups excluding carboxylic acids is 1. The van der Waals surface area contributed by atoms with Crippen LogP contribution >= 0.6 is 24.0 Å². The minimum absolute atomic E-state index is 0. The van der Waals surface area contributed by atoms with Crippen LogP contribution in [0.2, 0.25) is 0 Å². The molecule has 0 bridgehead atoms. The fourth-order valence-electron chi connectivity index (χ4n) is 2.82. The Kier molecular flexibility index (Phi) is 13.5. The molecule has 0 saturated heterocycles. The van der Waals surface area contributed by atoms with Crippen molar-refractivity contribution >= 4 is 35.8 Å². The van der Waals surface area contributed by atoms with Gasteiger partial charge in [0.25, 0.3) is 5.91 Å². The van der Waals surface area contributed by atoms with Crippen molar-refractivity contribution in [1.29, 1.82) is 0 Å². The number of nitrogens with one attached hydrogen (secondary N) is 3. The quantitative estimate of drug-likeness (QED) is 0.200. The Bertz CT molecular complexity index is 802. The summed E-state index contributed by atoms with van der Waals surface area (Å²) in [7, 11) is 1.62. The van der Waals surface area contributed by atoms with Gasteiger partial charge >= 0.3 is 0 Å². The summed E-state index contributed by atoms with van der Waals surface area (Å²) in [6, 6.07) is 17.4. The molecule has 0 aliphatic carbocycles. The Labute approximate surface area is 201 Å². The van der Waals surface area contributed by atoms with E-state index in [1.165, 1.54) is 0 Å². The Morgan fingerprint density at radius 1 is 1.10 bits per heavy atom. The largest absolute Gasteiger partial charge is 0.389 e. The number of hydrogen-bond donors (Lipinski definition) is 4. The van der Waals surface area contributed by atoms with Gasteiger partial charge in [-0.3, -0.25) is 9.79 Å². The van der Waals surface area contributed by atoms with Crippen molar-refractivity contribution in [3.63, 3.8) is 0 Å². The first-order chi connectivity index (χ1) is 14.6. The highest BCUT2D eigenvalue weighted by Crippen LogP contribution is 2.06. The van der Waals surface area contributed by atoms with Crippen LogP contribution in [-0.4, -0.2) is 56.4 Å². The van der Waals surface area contributed by atoms with Crippen molar-refractivity contribution in [2.24, 2.45) is 4.99 Å². The van der Waals surface area contributed by atoms with E-state index >= 15 is 0 Å². The molecule has 2 aromatic rings. The molecule has 0 aliphatic rings. The number of nitrogens with zero attached hydrogens (tertiary/aromatic N) is 1. The summed E-state index contributed by atoms with van der Waals surface area (Å²) in [6.07, 6.45) is 0.0752. The highest BCUT2D eigenvalue weighted by atomic mass is 127. The lowest BCUT2D eigenvalue weighted by atomic mass is 10.1. The number of guanidine groups is 1. The summed E-state index contributed by atoms with van der Waals surface area (Å²) in [5.41, 5.74) is 2.78. The first-order valence-electron chi connectivity index (χ1n) is 10.2. The van der Waals surface area contributed by atoms with Gasteiger partial charge in [-0.1, -0.05) is 42.5 Å². The van der Waals surface area contributed by atoms with E-state index in [0.717, 1.165) is 24.1 Å². The lowest BCUT2D eigenvalue weighted by Gasteiger charge is -2.14. The number of benzene rings is 2. The van der Waals surface area contributed by atoms with E-state index in [1.54, 1.807) is 13.1 Å². The average Bonchev–Trinajstić information content (AvgIpc) is 2.78. The van der Waals surface area contributed by atoms with Gasteiger partial charge < -0.3 is 25.8 Å². The van der Waals surface area contributed by atoms with Crippen LogP contribution in [0.15, 0.2) is 59.6 Å². The Balaban J connectivity index is 0.00000480. The molecule has 2 aromatic carbocycles.